The summed E-state index contributed by atoms with van der Waals surface area (Å²) in [6, 6.07) is 2.22. The van der Waals surface area contributed by atoms with Crippen molar-refractivity contribution in [1.82, 2.24) is 0 Å². The molecule has 4 N–H and O–H groups in total. The van der Waals surface area contributed by atoms with Gasteiger partial charge < -0.3 is 11.5 Å². The third kappa shape index (κ3) is 2.53. The molecule has 0 aromatic heterocycles. The summed E-state index contributed by atoms with van der Waals surface area (Å²) in [6.07, 6.45) is -6.05. The lowest BCUT2D eigenvalue weighted by Crippen LogP contribution is -2.15. The van der Waals surface area contributed by atoms with Gasteiger partial charge in [-0.1, -0.05) is 0 Å². The van der Waals surface area contributed by atoms with Crippen molar-refractivity contribution in [2.45, 2.75) is 12.6 Å². The molecular formula is C8H8F3N3O2. The summed E-state index contributed by atoms with van der Waals surface area (Å²) in [5.74, 6) is 0. The first-order valence-electron chi connectivity index (χ1n) is 4.10. The van der Waals surface area contributed by atoms with Gasteiger partial charge in [0.25, 0.3) is 5.69 Å². The smallest absolute Gasteiger partial charge is 0.393 e. The molecule has 88 valence electrons. The second-order valence-corrected chi connectivity index (χ2v) is 3.12. The maximum absolute atomic E-state index is 12.2. The topological polar surface area (TPSA) is 95.2 Å². The quantitative estimate of drug-likeness (QED) is 0.464. The maximum Gasteiger partial charge on any atom is 0.393 e. The molecule has 0 aliphatic carbocycles. The standard InChI is InChI=1S/C8H8F3N3O2/c9-8(10,11)3-4-5(12)1-2-6(13)7(4)14(15)16/h1-2H,3,12-13H2. The predicted octanol–water partition coefficient (Wildman–Crippen LogP) is 1.86. The molecule has 0 fully saturated rings. The van der Waals surface area contributed by atoms with Crippen LogP contribution in [0.15, 0.2) is 12.1 Å². The Morgan fingerprint density at radius 2 is 1.75 bits per heavy atom. The first kappa shape index (κ1) is 12.1. The van der Waals surface area contributed by atoms with Crippen molar-refractivity contribution in [2.75, 3.05) is 11.5 Å². The number of halogens is 3. The second kappa shape index (κ2) is 3.87. The molecule has 0 amide bonds. The Balaban J connectivity index is 3.35. The van der Waals surface area contributed by atoms with E-state index in [1.165, 1.54) is 0 Å². The summed E-state index contributed by atoms with van der Waals surface area (Å²) in [5.41, 5.74) is 8.51. The molecule has 0 bridgehead atoms. The Morgan fingerprint density at radius 3 is 2.19 bits per heavy atom. The van der Waals surface area contributed by atoms with Crippen LogP contribution in [0.1, 0.15) is 5.56 Å². The van der Waals surface area contributed by atoms with Gasteiger partial charge in [0.2, 0.25) is 0 Å². The number of alkyl halides is 3. The van der Waals surface area contributed by atoms with Crippen LogP contribution in [0.2, 0.25) is 0 Å². The summed E-state index contributed by atoms with van der Waals surface area (Å²) < 4.78 is 36.5. The number of hydrogen-bond acceptors (Lipinski definition) is 4. The van der Waals surface area contributed by atoms with Gasteiger partial charge in [-0.3, -0.25) is 10.1 Å². The Bertz CT molecular complexity index is 431. The number of benzene rings is 1. The molecule has 0 atom stereocenters. The molecule has 0 aliphatic rings. The van der Waals surface area contributed by atoms with E-state index >= 15 is 0 Å². The molecule has 1 aromatic carbocycles. The number of anilines is 2. The average Bonchev–Trinajstić information content (AvgIpc) is 2.08. The van der Waals surface area contributed by atoms with Crippen LogP contribution in [-0.2, 0) is 6.42 Å². The highest BCUT2D eigenvalue weighted by atomic mass is 19.4. The SMILES string of the molecule is Nc1ccc(N)c([N+](=O)[O-])c1CC(F)(F)F. The fraction of sp³-hybridized carbons (Fsp3) is 0.250. The zero-order valence-corrected chi connectivity index (χ0v) is 7.91. The first-order chi connectivity index (χ1) is 7.22. The Labute approximate surface area is 88.0 Å². The van der Waals surface area contributed by atoms with Crippen molar-refractivity contribution >= 4 is 17.1 Å². The highest BCUT2D eigenvalue weighted by Crippen LogP contribution is 2.35. The van der Waals surface area contributed by atoms with Crippen LogP contribution in [0.25, 0.3) is 0 Å². The van der Waals surface area contributed by atoms with Gasteiger partial charge in [-0.15, -0.1) is 0 Å². The van der Waals surface area contributed by atoms with E-state index < -0.39 is 28.8 Å². The van der Waals surface area contributed by atoms with E-state index in [-0.39, 0.29) is 11.4 Å². The number of nitro benzene ring substituents is 1. The van der Waals surface area contributed by atoms with Gasteiger partial charge >= 0.3 is 6.18 Å². The van der Waals surface area contributed by atoms with E-state index in [2.05, 4.69) is 0 Å². The minimum Gasteiger partial charge on any atom is -0.398 e. The molecule has 0 saturated carbocycles. The highest BCUT2D eigenvalue weighted by molar-refractivity contribution is 5.70. The van der Waals surface area contributed by atoms with Crippen molar-refractivity contribution in [3.05, 3.63) is 27.8 Å². The number of nitrogens with two attached hydrogens (primary N) is 2. The molecule has 0 saturated heterocycles. The summed E-state index contributed by atoms with van der Waals surface area (Å²) in [4.78, 5) is 9.62. The van der Waals surface area contributed by atoms with Crippen LogP contribution in [0.3, 0.4) is 0 Å². The van der Waals surface area contributed by atoms with Crippen molar-refractivity contribution in [3.63, 3.8) is 0 Å². The molecule has 1 aromatic rings. The van der Waals surface area contributed by atoms with Gasteiger partial charge in [0, 0.05) is 5.69 Å². The molecule has 1 rings (SSSR count). The molecule has 0 heterocycles. The number of rotatable bonds is 2. The largest absolute Gasteiger partial charge is 0.398 e. The fourth-order valence-electron chi connectivity index (χ4n) is 1.27. The van der Waals surface area contributed by atoms with Gasteiger partial charge in [0.15, 0.2) is 0 Å². The van der Waals surface area contributed by atoms with Gasteiger partial charge in [-0.2, -0.15) is 13.2 Å². The van der Waals surface area contributed by atoms with Gasteiger partial charge in [-0.05, 0) is 12.1 Å². The summed E-state index contributed by atoms with van der Waals surface area (Å²) in [7, 11) is 0. The number of nitro groups is 1. The summed E-state index contributed by atoms with van der Waals surface area (Å²) >= 11 is 0. The molecule has 0 aliphatic heterocycles. The molecule has 0 unspecified atom stereocenters. The van der Waals surface area contributed by atoms with E-state index in [4.69, 9.17) is 11.5 Å². The predicted molar refractivity (Wildman–Crippen MR) is 51.7 cm³/mol. The minimum absolute atomic E-state index is 0.293. The summed E-state index contributed by atoms with van der Waals surface area (Å²) in [5, 5.41) is 10.6. The van der Waals surface area contributed by atoms with Crippen molar-refractivity contribution in [3.8, 4) is 0 Å². The van der Waals surface area contributed by atoms with Crippen LogP contribution in [-0.4, -0.2) is 11.1 Å². The van der Waals surface area contributed by atoms with E-state index in [1.54, 1.807) is 0 Å². The third-order valence-corrected chi connectivity index (χ3v) is 1.91. The van der Waals surface area contributed by atoms with Crippen molar-refractivity contribution in [2.24, 2.45) is 0 Å². The first-order valence-corrected chi connectivity index (χ1v) is 4.10. The van der Waals surface area contributed by atoms with Crippen LogP contribution in [0.4, 0.5) is 30.2 Å². The lowest BCUT2D eigenvalue weighted by Gasteiger charge is -2.10. The van der Waals surface area contributed by atoms with Crippen LogP contribution < -0.4 is 11.5 Å². The zero-order valence-electron chi connectivity index (χ0n) is 7.91. The number of nitrogen functional groups attached to an aromatic ring is 2. The third-order valence-electron chi connectivity index (χ3n) is 1.91. The highest BCUT2D eigenvalue weighted by Gasteiger charge is 2.34. The van der Waals surface area contributed by atoms with Gasteiger partial charge in [0.05, 0.1) is 16.9 Å². The van der Waals surface area contributed by atoms with Crippen LogP contribution in [0, 0.1) is 10.1 Å². The second-order valence-electron chi connectivity index (χ2n) is 3.12. The zero-order chi connectivity index (χ0) is 12.5. The molecule has 0 radical (unpaired) electrons. The van der Waals surface area contributed by atoms with E-state index in [0.717, 1.165) is 12.1 Å². The van der Waals surface area contributed by atoms with Gasteiger partial charge in [-0.25, -0.2) is 0 Å². The normalized spacial score (nSPS) is 11.4. The van der Waals surface area contributed by atoms with Gasteiger partial charge in [0.1, 0.15) is 5.69 Å². The molecule has 8 heteroatoms. The number of nitrogens with zero attached hydrogens (tertiary/aromatic N) is 1. The molecule has 5 nitrogen and oxygen atoms in total. The van der Waals surface area contributed by atoms with Crippen molar-refractivity contribution in [1.29, 1.82) is 0 Å². The fourth-order valence-corrected chi connectivity index (χ4v) is 1.27. The lowest BCUT2D eigenvalue weighted by atomic mass is 10.1. The Morgan fingerprint density at radius 1 is 1.25 bits per heavy atom. The molecule has 16 heavy (non-hydrogen) atoms. The van der Waals surface area contributed by atoms with E-state index in [9.17, 15) is 23.3 Å². The summed E-state index contributed by atoms with van der Waals surface area (Å²) in [6.45, 7) is 0. The minimum atomic E-state index is -4.58. The van der Waals surface area contributed by atoms with Crippen LogP contribution >= 0.6 is 0 Å². The van der Waals surface area contributed by atoms with E-state index in [1.807, 2.05) is 0 Å². The number of hydrogen-bond donors (Lipinski definition) is 2. The Kier molecular flexibility index (Phi) is 2.92. The molecule has 0 spiro atoms. The average molecular weight is 235 g/mol. The van der Waals surface area contributed by atoms with Crippen molar-refractivity contribution < 1.29 is 18.1 Å². The lowest BCUT2D eigenvalue weighted by molar-refractivity contribution is -0.384. The Hall–Kier alpha value is -1.99. The van der Waals surface area contributed by atoms with E-state index in [0.29, 0.717) is 0 Å². The molecular weight excluding hydrogens is 227 g/mol. The monoisotopic (exact) mass is 235 g/mol. The van der Waals surface area contributed by atoms with Crippen LogP contribution in [0.5, 0.6) is 0 Å². The maximum atomic E-state index is 12.2.